The standard InChI is InChI=1S/C18H14ClF3N4O2/c1-3-7-23-17(27)15-14(19)16-24-12(10-5-4-6-11(8-10)28-2)9-13(18(20,21)22)26(16)25-15/h3-6,8-9H,1,7H2,2H3,(H,23,27). The van der Waals surface area contributed by atoms with Gasteiger partial charge in [-0.05, 0) is 18.2 Å². The maximum atomic E-state index is 13.6. The van der Waals surface area contributed by atoms with Gasteiger partial charge in [-0.25, -0.2) is 9.50 Å². The number of rotatable bonds is 5. The van der Waals surface area contributed by atoms with E-state index in [1.165, 1.54) is 13.2 Å². The number of nitrogens with one attached hydrogen (secondary N) is 1. The van der Waals surface area contributed by atoms with E-state index in [1.807, 2.05) is 0 Å². The molecule has 10 heteroatoms. The van der Waals surface area contributed by atoms with E-state index < -0.39 is 17.8 Å². The highest BCUT2D eigenvalue weighted by Crippen LogP contribution is 2.35. The smallest absolute Gasteiger partial charge is 0.433 e. The second kappa shape index (κ2) is 7.51. The molecule has 3 aromatic rings. The molecule has 6 nitrogen and oxygen atoms in total. The van der Waals surface area contributed by atoms with Crippen molar-refractivity contribution in [3.8, 4) is 17.0 Å². The van der Waals surface area contributed by atoms with Crippen LogP contribution in [0.1, 0.15) is 16.2 Å². The van der Waals surface area contributed by atoms with Crippen molar-refractivity contribution in [3.05, 3.63) is 59.4 Å². The van der Waals surface area contributed by atoms with E-state index in [0.717, 1.165) is 6.07 Å². The number of methoxy groups -OCH3 is 1. The van der Waals surface area contributed by atoms with Gasteiger partial charge in [0.2, 0.25) is 0 Å². The zero-order valence-electron chi connectivity index (χ0n) is 14.5. The van der Waals surface area contributed by atoms with Gasteiger partial charge in [0.25, 0.3) is 5.91 Å². The molecule has 0 unspecified atom stereocenters. The molecule has 0 aliphatic rings. The van der Waals surface area contributed by atoms with E-state index in [2.05, 4.69) is 22.0 Å². The van der Waals surface area contributed by atoms with Crippen LogP contribution in [0.25, 0.3) is 16.9 Å². The highest BCUT2D eigenvalue weighted by molar-refractivity contribution is 6.36. The molecule has 2 heterocycles. The summed E-state index contributed by atoms with van der Waals surface area (Å²) in [4.78, 5) is 16.3. The van der Waals surface area contributed by atoms with Crippen molar-refractivity contribution < 1.29 is 22.7 Å². The van der Waals surface area contributed by atoms with E-state index in [0.29, 0.717) is 15.8 Å². The molecule has 0 saturated carbocycles. The Morgan fingerprint density at radius 1 is 1.39 bits per heavy atom. The van der Waals surface area contributed by atoms with Gasteiger partial charge < -0.3 is 10.1 Å². The second-order valence-corrected chi connectivity index (χ2v) is 6.03. The van der Waals surface area contributed by atoms with E-state index in [9.17, 15) is 18.0 Å². The lowest BCUT2D eigenvalue weighted by Gasteiger charge is -2.11. The molecule has 0 bridgehead atoms. The fourth-order valence-electron chi connectivity index (χ4n) is 2.52. The Bertz CT molecular complexity index is 1060. The number of alkyl halides is 3. The summed E-state index contributed by atoms with van der Waals surface area (Å²) < 4.78 is 46.5. The molecule has 1 N–H and O–H groups in total. The number of hydrogen-bond acceptors (Lipinski definition) is 4. The normalized spacial score (nSPS) is 11.5. The van der Waals surface area contributed by atoms with Crippen LogP contribution in [-0.2, 0) is 6.18 Å². The number of benzene rings is 1. The first-order chi connectivity index (χ1) is 13.3. The number of ether oxygens (including phenoxy) is 1. The molecule has 1 aromatic carbocycles. The molecule has 146 valence electrons. The highest BCUT2D eigenvalue weighted by atomic mass is 35.5. The molecule has 0 aliphatic heterocycles. The average molecular weight is 411 g/mol. The second-order valence-electron chi connectivity index (χ2n) is 5.65. The Morgan fingerprint density at radius 2 is 2.14 bits per heavy atom. The van der Waals surface area contributed by atoms with Crippen molar-refractivity contribution in [2.24, 2.45) is 0 Å². The van der Waals surface area contributed by atoms with Crippen molar-refractivity contribution in [3.63, 3.8) is 0 Å². The first-order valence-corrected chi connectivity index (χ1v) is 8.34. The van der Waals surface area contributed by atoms with Crippen LogP contribution < -0.4 is 10.1 Å². The van der Waals surface area contributed by atoms with Gasteiger partial charge in [0, 0.05) is 12.1 Å². The summed E-state index contributed by atoms with van der Waals surface area (Å²) in [6.07, 6.45) is -3.33. The van der Waals surface area contributed by atoms with Gasteiger partial charge in [0.15, 0.2) is 17.0 Å². The van der Waals surface area contributed by atoms with Crippen LogP contribution in [0, 0.1) is 0 Å². The summed E-state index contributed by atoms with van der Waals surface area (Å²) >= 11 is 6.15. The summed E-state index contributed by atoms with van der Waals surface area (Å²) in [5.74, 6) is -0.275. The molecule has 0 fully saturated rings. The predicted molar refractivity (Wildman–Crippen MR) is 97.5 cm³/mol. The molecule has 28 heavy (non-hydrogen) atoms. The molecule has 0 spiro atoms. The van der Waals surface area contributed by atoms with Gasteiger partial charge in [-0.2, -0.15) is 18.3 Å². The quantitative estimate of drug-likeness (QED) is 0.646. The molecular formula is C18H14ClF3N4O2. The first kappa shape index (κ1) is 19.7. The minimum absolute atomic E-state index is 0.0126. The van der Waals surface area contributed by atoms with Gasteiger partial charge in [0.05, 0.1) is 12.8 Å². The zero-order chi connectivity index (χ0) is 20.5. The maximum absolute atomic E-state index is 13.6. The summed E-state index contributed by atoms with van der Waals surface area (Å²) in [7, 11) is 1.44. The van der Waals surface area contributed by atoms with E-state index >= 15 is 0 Å². The minimum Gasteiger partial charge on any atom is -0.497 e. The van der Waals surface area contributed by atoms with E-state index in [4.69, 9.17) is 16.3 Å². The van der Waals surface area contributed by atoms with Crippen LogP contribution in [0.15, 0.2) is 43.0 Å². The van der Waals surface area contributed by atoms with Crippen LogP contribution in [0.5, 0.6) is 5.75 Å². The van der Waals surface area contributed by atoms with Crippen LogP contribution in [0.3, 0.4) is 0 Å². The predicted octanol–water partition coefficient (Wildman–Crippen LogP) is 3.99. The average Bonchev–Trinajstić information content (AvgIpc) is 3.01. The van der Waals surface area contributed by atoms with Crippen LogP contribution in [-0.4, -0.2) is 34.2 Å². The third-order valence-corrected chi connectivity index (χ3v) is 4.16. The Morgan fingerprint density at radius 3 is 2.79 bits per heavy atom. The Kier molecular flexibility index (Phi) is 5.28. The summed E-state index contributed by atoms with van der Waals surface area (Å²) in [6, 6.07) is 7.25. The van der Waals surface area contributed by atoms with E-state index in [-0.39, 0.29) is 28.6 Å². The fourth-order valence-corrected chi connectivity index (χ4v) is 2.76. The largest absolute Gasteiger partial charge is 0.497 e. The van der Waals surface area contributed by atoms with Crippen molar-refractivity contribution in [1.82, 2.24) is 19.9 Å². The molecule has 3 rings (SSSR count). The molecule has 2 aromatic heterocycles. The fraction of sp³-hybridized carbons (Fsp3) is 0.167. The molecule has 0 aliphatic carbocycles. The zero-order valence-corrected chi connectivity index (χ0v) is 15.3. The number of halogens is 4. The summed E-state index contributed by atoms with van der Waals surface area (Å²) in [5.41, 5.74) is -1.34. The van der Waals surface area contributed by atoms with Gasteiger partial charge in [-0.15, -0.1) is 6.58 Å². The molecule has 1 amide bonds. The van der Waals surface area contributed by atoms with Crippen LogP contribution in [0.4, 0.5) is 13.2 Å². The van der Waals surface area contributed by atoms with Gasteiger partial charge in [-0.3, -0.25) is 4.79 Å². The lowest BCUT2D eigenvalue weighted by Crippen LogP contribution is -2.24. The van der Waals surface area contributed by atoms with Gasteiger partial charge in [-0.1, -0.05) is 29.8 Å². The first-order valence-electron chi connectivity index (χ1n) is 7.96. The minimum atomic E-state index is -4.75. The number of carbonyl (C=O) groups is 1. The lowest BCUT2D eigenvalue weighted by atomic mass is 10.1. The third kappa shape index (κ3) is 3.65. The Hall–Kier alpha value is -3.07. The topological polar surface area (TPSA) is 68.5 Å². The number of nitrogens with zero attached hydrogens (tertiary/aromatic N) is 3. The highest BCUT2D eigenvalue weighted by Gasteiger charge is 2.36. The third-order valence-electron chi connectivity index (χ3n) is 3.81. The van der Waals surface area contributed by atoms with E-state index in [1.54, 1.807) is 24.3 Å². The number of aromatic nitrogens is 3. The van der Waals surface area contributed by atoms with Crippen molar-refractivity contribution in [2.75, 3.05) is 13.7 Å². The lowest BCUT2D eigenvalue weighted by molar-refractivity contribution is -0.142. The van der Waals surface area contributed by atoms with Crippen LogP contribution in [0.2, 0.25) is 5.02 Å². The Balaban J connectivity index is 2.24. The summed E-state index contributed by atoms with van der Waals surface area (Å²) in [5, 5.41) is 5.88. The molecule has 0 saturated heterocycles. The monoisotopic (exact) mass is 410 g/mol. The maximum Gasteiger partial charge on any atom is 0.433 e. The summed E-state index contributed by atoms with van der Waals surface area (Å²) in [6.45, 7) is 3.56. The van der Waals surface area contributed by atoms with Gasteiger partial charge >= 0.3 is 6.18 Å². The molecule has 0 radical (unpaired) electrons. The Labute approximate surface area is 162 Å². The number of hydrogen-bond donors (Lipinski definition) is 1. The van der Waals surface area contributed by atoms with Crippen LogP contribution >= 0.6 is 11.6 Å². The SMILES string of the molecule is C=CCNC(=O)c1nn2c(C(F)(F)F)cc(-c3cccc(OC)c3)nc2c1Cl. The molecular weight excluding hydrogens is 397 g/mol. The van der Waals surface area contributed by atoms with Gasteiger partial charge in [0.1, 0.15) is 10.8 Å². The number of carbonyl (C=O) groups excluding carboxylic acids is 1. The van der Waals surface area contributed by atoms with Crippen molar-refractivity contribution in [1.29, 1.82) is 0 Å². The number of amides is 1. The molecule has 0 atom stereocenters. The number of fused-ring (bicyclic) bond motifs is 1. The van der Waals surface area contributed by atoms with Crippen molar-refractivity contribution >= 4 is 23.2 Å². The van der Waals surface area contributed by atoms with Crippen molar-refractivity contribution in [2.45, 2.75) is 6.18 Å².